The number of hydrogen-bond acceptors (Lipinski definition) is 5. The molecule has 42 heavy (non-hydrogen) atoms. The lowest BCUT2D eigenvalue weighted by molar-refractivity contribution is -0.116. The smallest absolute Gasteiger partial charge is 0.272 e. The van der Waals surface area contributed by atoms with E-state index in [4.69, 9.17) is 4.98 Å². The van der Waals surface area contributed by atoms with E-state index >= 15 is 0 Å². The zero-order valence-corrected chi connectivity index (χ0v) is 22.3. The quantitative estimate of drug-likeness (QED) is 0.294. The van der Waals surface area contributed by atoms with Gasteiger partial charge >= 0.3 is 0 Å². The summed E-state index contributed by atoms with van der Waals surface area (Å²) in [6, 6.07) is 15.9. The maximum absolute atomic E-state index is 14.2. The summed E-state index contributed by atoms with van der Waals surface area (Å²) in [5, 5.41) is 8.01. The average molecular weight is 564 g/mol. The van der Waals surface area contributed by atoms with Crippen molar-refractivity contribution in [2.45, 2.75) is 13.1 Å². The summed E-state index contributed by atoms with van der Waals surface area (Å²) in [5.74, 6) is -0.499. The number of nitrogens with one attached hydrogen (secondary N) is 2. The number of aryl methyl sites for hydroxylation is 1. The molecule has 0 fully saturated rings. The fourth-order valence-electron chi connectivity index (χ4n) is 5.48. The van der Waals surface area contributed by atoms with E-state index in [1.54, 1.807) is 59.6 Å². The molecule has 5 heterocycles. The van der Waals surface area contributed by atoms with Crippen LogP contribution in [0.25, 0.3) is 33.3 Å². The first-order valence-corrected chi connectivity index (χ1v) is 13.2. The van der Waals surface area contributed by atoms with Crippen molar-refractivity contribution in [1.82, 2.24) is 24.3 Å². The summed E-state index contributed by atoms with van der Waals surface area (Å²) >= 11 is 0. The van der Waals surface area contributed by atoms with Gasteiger partial charge in [0, 0.05) is 53.4 Å². The molecule has 0 atom stereocenters. The predicted molar refractivity (Wildman–Crippen MR) is 155 cm³/mol. The number of fused-ring (bicyclic) bond motifs is 2. The Hall–Kier alpha value is -5.58. The molecular weight excluding hydrogens is 540 g/mol. The Morgan fingerprint density at radius 1 is 1.05 bits per heavy atom. The molecular formula is C31H23F2N7O2. The normalized spacial score (nSPS) is 12.3. The van der Waals surface area contributed by atoms with Gasteiger partial charge in [0.25, 0.3) is 5.56 Å². The summed E-state index contributed by atoms with van der Waals surface area (Å²) in [5.41, 5.74) is 4.62. The van der Waals surface area contributed by atoms with Gasteiger partial charge in [-0.3, -0.25) is 14.3 Å². The third kappa shape index (κ3) is 4.31. The number of carbonyl (C=O) groups is 1. The Labute approximate surface area is 237 Å². The standard InChI is InChI=1S/C31H23F2N7O2/c1-38-16-24-23-12-20(36-27(41)17-39-11-10-26(37-39)22-4-2-3-5-25(22)33)14-34-30(23)40(21-8-6-19(32)7-9-21)15-18-13-35-31(42)29(38)28(18)24/h2-14,16H,15,17H2,1H3,(H,35,42)(H,36,41). The van der Waals surface area contributed by atoms with Crippen molar-refractivity contribution < 1.29 is 13.6 Å². The molecule has 1 amide bonds. The highest BCUT2D eigenvalue weighted by atomic mass is 19.1. The summed E-state index contributed by atoms with van der Waals surface area (Å²) in [4.78, 5) is 35.3. The second-order valence-corrected chi connectivity index (χ2v) is 10.1. The average Bonchev–Trinajstić information content (AvgIpc) is 3.55. The number of anilines is 3. The first kappa shape index (κ1) is 25.4. The highest BCUT2D eigenvalue weighted by molar-refractivity contribution is 6.03. The Kier molecular flexibility index (Phi) is 5.93. The molecule has 2 aromatic carbocycles. The van der Waals surface area contributed by atoms with Crippen molar-refractivity contribution in [2.24, 2.45) is 7.05 Å². The molecule has 11 heteroatoms. The molecule has 6 aromatic rings. The van der Waals surface area contributed by atoms with E-state index in [9.17, 15) is 18.4 Å². The van der Waals surface area contributed by atoms with Crippen LogP contribution in [-0.4, -0.2) is 30.2 Å². The van der Waals surface area contributed by atoms with E-state index in [1.165, 1.54) is 22.9 Å². The lowest BCUT2D eigenvalue weighted by atomic mass is 10.0. The fraction of sp³-hybridized carbons (Fsp3) is 0.0968. The van der Waals surface area contributed by atoms with Gasteiger partial charge in [0.05, 0.1) is 24.1 Å². The summed E-state index contributed by atoms with van der Waals surface area (Å²) in [6.45, 7) is 0.284. The summed E-state index contributed by atoms with van der Waals surface area (Å²) in [6.07, 6.45) is 6.74. The SMILES string of the molecule is Cn1cc2c3c(c[nH]c(=O)c31)CN(c1ccc(F)cc1)c1ncc(NC(=O)Cn3ccc(-c4ccccc4F)n3)cc1-2. The highest BCUT2D eigenvalue weighted by Gasteiger charge is 2.27. The molecule has 0 radical (unpaired) electrons. The predicted octanol–water partition coefficient (Wildman–Crippen LogP) is 5.36. The summed E-state index contributed by atoms with van der Waals surface area (Å²) < 4.78 is 31.2. The van der Waals surface area contributed by atoms with Gasteiger partial charge in [-0.25, -0.2) is 13.8 Å². The minimum atomic E-state index is -0.392. The summed E-state index contributed by atoms with van der Waals surface area (Å²) in [7, 11) is 1.81. The van der Waals surface area contributed by atoms with Crippen molar-refractivity contribution in [3.8, 4) is 22.4 Å². The van der Waals surface area contributed by atoms with E-state index in [1.807, 2.05) is 24.2 Å². The number of rotatable bonds is 5. The lowest BCUT2D eigenvalue weighted by Gasteiger charge is -2.25. The van der Waals surface area contributed by atoms with Crippen molar-refractivity contribution >= 4 is 34.0 Å². The highest BCUT2D eigenvalue weighted by Crippen LogP contribution is 2.43. The molecule has 0 aliphatic carbocycles. The molecule has 0 unspecified atom stereocenters. The molecule has 4 aromatic heterocycles. The first-order valence-electron chi connectivity index (χ1n) is 13.2. The molecule has 9 nitrogen and oxygen atoms in total. The second-order valence-electron chi connectivity index (χ2n) is 10.1. The lowest BCUT2D eigenvalue weighted by Crippen LogP contribution is -2.21. The van der Waals surface area contributed by atoms with Gasteiger partial charge in [0.1, 0.15) is 29.5 Å². The topological polar surface area (TPSA) is 101 Å². The molecule has 1 aliphatic rings. The number of aromatic amines is 1. The fourth-order valence-corrected chi connectivity index (χ4v) is 5.48. The van der Waals surface area contributed by atoms with Crippen molar-refractivity contribution in [2.75, 3.05) is 10.2 Å². The minimum absolute atomic E-state index is 0.0962. The van der Waals surface area contributed by atoms with Crippen LogP contribution in [0.3, 0.4) is 0 Å². The van der Waals surface area contributed by atoms with Gasteiger partial charge in [-0.05, 0) is 54.1 Å². The molecule has 2 N–H and O–H groups in total. The Balaban J connectivity index is 1.25. The van der Waals surface area contributed by atoms with E-state index in [2.05, 4.69) is 15.4 Å². The van der Waals surface area contributed by atoms with Crippen LogP contribution < -0.4 is 15.8 Å². The number of carbonyl (C=O) groups excluding carboxylic acids is 1. The second kappa shape index (κ2) is 9.81. The Morgan fingerprint density at radius 2 is 1.86 bits per heavy atom. The van der Waals surface area contributed by atoms with Crippen LogP contribution in [0.2, 0.25) is 0 Å². The van der Waals surface area contributed by atoms with E-state index in [0.717, 1.165) is 22.2 Å². The zero-order chi connectivity index (χ0) is 29.0. The Morgan fingerprint density at radius 3 is 2.67 bits per heavy atom. The number of benzene rings is 2. The molecule has 1 aliphatic heterocycles. The first-order chi connectivity index (χ1) is 20.4. The monoisotopic (exact) mass is 563 g/mol. The molecule has 0 saturated heterocycles. The van der Waals surface area contributed by atoms with Crippen LogP contribution in [0.4, 0.5) is 26.0 Å². The van der Waals surface area contributed by atoms with Crippen molar-refractivity contribution in [3.05, 3.63) is 113 Å². The largest absolute Gasteiger partial charge is 0.345 e. The van der Waals surface area contributed by atoms with Gasteiger partial charge in [0.15, 0.2) is 0 Å². The van der Waals surface area contributed by atoms with Gasteiger partial charge in [0.2, 0.25) is 5.91 Å². The number of hydrogen-bond donors (Lipinski definition) is 2. The number of aromatic nitrogens is 5. The van der Waals surface area contributed by atoms with Gasteiger partial charge in [-0.2, -0.15) is 5.10 Å². The third-order valence-corrected chi connectivity index (χ3v) is 7.35. The van der Waals surface area contributed by atoms with E-state index < -0.39 is 5.82 Å². The van der Waals surface area contributed by atoms with Crippen LogP contribution >= 0.6 is 0 Å². The number of H-pyrrole nitrogens is 1. The van der Waals surface area contributed by atoms with E-state index in [0.29, 0.717) is 40.4 Å². The number of amides is 1. The zero-order valence-electron chi connectivity index (χ0n) is 22.3. The molecule has 0 saturated carbocycles. The molecule has 0 bridgehead atoms. The maximum Gasteiger partial charge on any atom is 0.272 e. The number of halogens is 2. The van der Waals surface area contributed by atoms with Crippen LogP contribution in [-0.2, 0) is 24.9 Å². The van der Waals surface area contributed by atoms with Crippen molar-refractivity contribution in [1.29, 1.82) is 0 Å². The maximum atomic E-state index is 14.2. The van der Waals surface area contributed by atoms with Gasteiger partial charge in [-0.1, -0.05) is 12.1 Å². The number of pyridine rings is 2. The van der Waals surface area contributed by atoms with Crippen LogP contribution in [0.15, 0.2) is 90.2 Å². The molecule has 208 valence electrons. The molecule has 7 rings (SSSR count). The van der Waals surface area contributed by atoms with E-state index in [-0.39, 0.29) is 23.8 Å². The van der Waals surface area contributed by atoms with Gasteiger partial charge in [-0.15, -0.1) is 0 Å². The minimum Gasteiger partial charge on any atom is -0.345 e. The van der Waals surface area contributed by atoms with Crippen LogP contribution in [0, 0.1) is 11.6 Å². The Bertz CT molecular complexity index is 2060. The van der Waals surface area contributed by atoms with Crippen molar-refractivity contribution in [3.63, 3.8) is 0 Å². The van der Waals surface area contributed by atoms with Crippen LogP contribution in [0.5, 0.6) is 0 Å². The van der Waals surface area contributed by atoms with Crippen LogP contribution in [0.1, 0.15) is 5.56 Å². The molecule has 0 spiro atoms. The third-order valence-electron chi connectivity index (χ3n) is 7.35. The number of nitrogens with zero attached hydrogens (tertiary/aromatic N) is 5. The van der Waals surface area contributed by atoms with Gasteiger partial charge < -0.3 is 19.8 Å².